The van der Waals surface area contributed by atoms with Crippen LogP contribution >= 0.6 is 11.3 Å². The van der Waals surface area contributed by atoms with Crippen LogP contribution in [0, 0.1) is 6.92 Å². The number of aryl methyl sites for hydroxylation is 1. The van der Waals surface area contributed by atoms with Crippen LogP contribution in [0.2, 0.25) is 0 Å². The summed E-state index contributed by atoms with van der Waals surface area (Å²) in [5.41, 5.74) is 6.11. The predicted molar refractivity (Wildman–Crippen MR) is 47.3 cm³/mol. The molecule has 11 heavy (non-hydrogen) atoms. The molecule has 1 heterocycles. The Bertz CT molecular complexity index is 288. The highest BCUT2D eigenvalue weighted by atomic mass is 32.1. The molecule has 0 saturated heterocycles. The average Bonchev–Trinajstić information content (AvgIpc) is 2.31. The molecule has 0 spiro atoms. The first-order chi connectivity index (χ1) is 5.20. The van der Waals surface area contributed by atoms with Crippen LogP contribution in [0.1, 0.15) is 10.4 Å². The zero-order valence-corrected chi connectivity index (χ0v) is 7.02. The molecule has 1 aromatic heterocycles. The van der Waals surface area contributed by atoms with Crippen molar-refractivity contribution in [1.82, 2.24) is 0 Å². The van der Waals surface area contributed by atoms with Crippen molar-refractivity contribution in [2.24, 2.45) is 5.73 Å². The van der Waals surface area contributed by atoms with Crippen LogP contribution < -0.4 is 5.73 Å². The third-order valence-electron chi connectivity index (χ3n) is 1.30. The lowest BCUT2D eigenvalue weighted by molar-refractivity contribution is -0.113. The summed E-state index contributed by atoms with van der Waals surface area (Å²) >= 11 is 1.60. The molecule has 0 saturated carbocycles. The zero-order chi connectivity index (χ0) is 8.27. The molecule has 0 atom stereocenters. The van der Waals surface area contributed by atoms with E-state index in [1.54, 1.807) is 17.4 Å². The maximum atomic E-state index is 10.3. The fourth-order valence-corrected chi connectivity index (χ4v) is 1.53. The molecule has 1 aromatic rings. The Morgan fingerprint density at radius 3 is 2.91 bits per heavy atom. The molecular formula is C8H9NOS. The quantitative estimate of drug-likeness (QED) is 0.667. The fraction of sp³-hybridized carbons (Fsp3) is 0.125. The van der Waals surface area contributed by atoms with E-state index in [1.807, 2.05) is 18.4 Å². The van der Waals surface area contributed by atoms with Gasteiger partial charge in [-0.15, -0.1) is 11.3 Å². The number of amides is 1. The van der Waals surface area contributed by atoms with Gasteiger partial charge in [-0.25, -0.2) is 0 Å². The van der Waals surface area contributed by atoms with Crippen LogP contribution in [0.15, 0.2) is 17.5 Å². The van der Waals surface area contributed by atoms with E-state index in [0.29, 0.717) is 0 Å². The summed E-state index contributed by atoms with van der Waals surface area (Å²) in [5.74, 6) is -0.405. The van der Waals surface area contributed by atoms with Gasteiger partial charge in [-0.1, -0.05) is 0 Å². The van der Waals surface area contributed by atoms with E-state index in [2.05, 4.69) is 0 Å². The fourth-order valence-electron chi connectivity index (χ4n) is 0.713. The Labute approximate surface area is 69.3 Å². The number of primary amides is 1. The van der Waals surface area contributed by atoms with E-state index in [4.69, 9.17) is 5.73 Å². The van der Waals surface area contributed by atoms with Gasteiger partial charge in [0.05, 0.1) is 0 Å². The van der Waals surface area contributed by atoms with Crippen molar-refractivity contribution in [3.05, 3.63) is 28.0 Å². The normalized spacial score (nSPS) is 10.6. The summed E-state index contributed by atoms with van der Waals surface area (Å²) in [6.07, 6.45) is 3.11. The Hall–Kier alpha value is -1.09. The van der Waals surface area contributed by atoms with Crippen LogP contribution in [0.25, 0.3) is 6.08 Å². The standard InChI is InChI=1S/C8H9NOS/c1-6-4-5-11-7(6)2-3-8(9)10/h2-5H,1H3,(H2,9,10)/b3-2+. The number of carbonyl (C=O) groups excluding carboxylic acids is 1. The van der Waals surface area contributed by atoms with Crippen molar-refractivity contribution < 1.29 is 4.79 Å². The first kappa shape index (κ1) is 8.01. The Kier molecular flexibility index (Phi) is 2.44. The lowest BCUT2D eigenvalue weighted by Gasteiger charge is -1.86. The van der Waals surface area contributed by atoms with Gasteiger partial charge in [-0.05, 0) is 30.0 Å². The van der Waals surface area contributed by atoms with Crippen LogP contribution in [-0.2, 0) is 4.79 Å². The molecule has 0 unspecified atom stereocenters. The van der Waals surface area contributed by atoms with Gasteiger partial charge >= 0.3 is 0 Å². The second-order valence-electron chi connectivity index (χ2n) is 2.20. The number of thiophene rings is 1. The highest BCUT2D eigenvalue weighted by Gasteiger charge is 1.93. The van der Waals surface area contributed by atoms with Gasteiger partial charge in [0, 0.05) is 11.0 Å². The van der Waals surface area contributed by atoms with Crippen molar-refractivity contribution in [2.75, 3.05) is 0 Å². The van der Waals surface area contributed by atoms with E-state index in [9.17, 15) is 4.79 Å². The maximum absolute atomic E-state index is 10.3. The van der Waals surface area contributed by atoms with Gasteiger partial charge in [0.15, 0.2) is 0 Å². The minimum atomic E-state index is -0.405. The van der Waals surface area contributed by atoms with Crippen molar-refractivity contribution in [1.29, 1.82) is 0 Å². The SMILES string of the molecule is Cc1ccsc1/C=C/C(N)=O. The second-order valence-corrected chi connectivity index (χ2v) is 3.15. The third kappa shape index (κ3) is 2.20. The summed E-state index contributed by atoms with van der Waals surface area (Å²) < 4.78 is 0. The lowest BCUT2D eigenvalue weighted by Crippen LogP contribution is -2.04. The highest BCUT2D eigenvalue weighted by Crippen LogP contribution is 2.16. The molecule has 0 aliphatic rings. The van der Waals surface area contributed by atoms with Crippen LogP contribution in [0.5, 0.6) is 0 Å². The molecule has 58 valence electrons. The van der Waals surface area contributed by atoms with Gasteiger partial charge in [-0.2, -0.15) is 0 Å². The summed E-state index contributed by atoms with van der Waals surface area (Å²) in [5, 5.41) is 1.98. The van der Waals surface area contributed by atoms with Crippen molar-refractivity contribution in [2.45, 2.75) is 6.92 Å². The monoisotopic (exact) mass is 167 g/mol. The number of rotatable bonds is 2. The molecule has 0 radical (unpaired) electrons. The van der Waals surface area contributed by atoms with Crippen molar-refractivity contribution in [3.63, 3.8) is 0 Å². The number of nitrogens with two attached hydrogens (primary N) is 1. The minimum absolute atomic E-state index is 0.405. The van der Waals surface area contributed by atoms with Crippen molar-refractivity contribution in [3.8, 4) is 0 Å². The van der Waals surface area contributed by atoms with E-state index >= 15 is 0 Å². The van der Waals surface area contributed by atoms with Crippen LogP contribution in [0.4, 0.5) is 0 Å². The molecule has 0 bridgehead atoms. The smallest absolute Gasteiger partial charge is 0.241 e. The van der Waals surface area contributed by atoms with Crippen LogP contribution in [-0.4, -0.2) is 5.91 Å². The van der Waals surface area contributed by atoms with E-state index < -0.39 is 5.91 Å². The molecule has 2 nitrogen and oxygen atoms in total. The van der Waals surface area contributed by atoms with Gasteiger partial charge in [0.2, 0.25) is 5.91 Å². The van der Waals surface area contributed by atoms with Gasteiger partial charge in [0.25, 0.3) is 0 Å². The highest BCUT2D eigenvalue weighted by molar-refractivity contribution is 7.11. The number of carbonyl (C=O) groups is 1. The molecule has 0 aliphatic carbocycles. The number of hydrogen-bond acceptors (Lipinski definition) is 2. The second kappa shape index (κ2) is 3.34. The van der Waals surface area contributed by atoms with Crippen LogP contribution in [0.3, 0.4) is 0 Å². The molecule has 3 heteroatoms. The maximum Gasteiger partial charge on any atom is 0.241 e. The van der Waals surface area contributed by atoms with E-state index in [-0.39, 0.29) is 0 Å². The van der Waals surface area contributed by atoms with Gasteiger partial charge in [0.1, 0.15) is 0 Å². The first-order valence-electron chi connectivity index (χ1n) is 3.22. The first-order valence-corrected chi connectivity index (χ1v) is 4.09. The van der Waals surface area contributed by atoms with Gasteiger partial charge < -0.3 is 5.73 Å². The average molecular weight is 167 g/mol. The number of hydrogen-bond donors (Lipinski definition) is 1. The molecule has 0 fully saturated rings. The molecule has 1 amide bonds. The Balaban J connectivity index is 2.79. The third-order valence-corrected chi connectivity index (χ3v) is 2.28. The van der Waals surface area contributed by atoms with E-state index in [1.165, 1.54) is 11.6 Å². The summed E-state index contributed by atoms with van der Waals surface area (Å²) in [7, 11) is 0. The minimum Gasteiger partial charge on any atom is -0.366 e. The van der Waals surface area contributed by atoms with Crippen molar-refractivity contribution >= 4 is 23.3 Å². The molecule has 1 rings (SSSR count). The molecular weight excluding hydrogens is 158 g/mol. The molecule has 0 aliphatic heterocycles. The summed E-state index contributed by atoms with van der Waals surface area (Å²) in [4.78, 5) is 11.4. The largest absolute Gasteiger partial charge is 0.366 e. The van der Waals surface area contributed by atoms with Gasteiger partial charge in [-0.3, -0.25) is 4.79 Å². The Morgan fingerprint density at radius 1 is 1.73 bits per heavy atom. The zero-order valence-electron chi connectivity index (χ0n) is 6.20. The summed E-state index contributed by atoms with van der Waals surface area (Å²) in [6.45, 7) is 2.00. The predicted octanol–water partition coefficient (Wildman–Crippen LogP) is 1.56. The molecule has 0 aromatic carbocycles. The lowest BCUT2D eigenvalue weighted by atomic mass is 10.3. The van der Waals surface area contributed by atoms with E-state index in [0.717, 1.165) is 4.88 Å². The topological polar surface area (TPSA) is 43.1 Å². The summed E-state index contributed by atoms with van der Waals surface area (Å²) in [6, 6.07) is 2.01. The molecule has 2 N–H and O–H groups in total. The Morgan fingerprint density at radius 2 is 2.45 bits per heavy atom.